The van der Waals surface area contributed by atoms with E-state index in [1.807, 2.05) is 13.8 Å². The maximum atomic E-state index is 14.4. The maximum absolute atomic E-state index is 14.4. The zero-order chi connectivity index (χ0) is 24.9. The molecule has 2 aliphatic heterocycles. The van der Waals surface area contributed by atoms with Gasteiger partial charge in [0.25, 0.3) is 0 Å². The first-order valence-corrected chi connectivity index (χ1v) is 14.3. The van der Waals surface area contributed by atoms with Crippen LogP contribution in [0.3, 0.4) is 0 Å². The number of carbonyl (C=O) groups excluding carboxylic acids is 2. The fourth-order valence-corrected chi connectivity index (χ4v) is 8.50. The molecule has 0 amide bonds. The number of Topliss-reactive ketones (excluding diaryl/α,β-unsaturated/α-hetero) is 2. The van der Waals surface area contributed by atoms with Crippen molar-refractivity contribution in [3.8, 4) is 0 Å². The molecule has 1 saturated carbocycles. The van der Waals surface area contributed by atoms with Gasteiger partial charge in [-0.15, -0.1) is 0 Å². The fraction of sp³-hybridized carbons (Fsp3) is 0.905. The van der Waals surface area contributed by atoms with Gasteiger partial charge in [-0.25, -0.2) is 0 Å². The van der Waals surface area contributed by atoms with Crippen LogP contribution in [0.4, 0.5) is 8.78 Å². The van der Waals surface area contributed by atoms with Gasteiger partial charge in [0.1, 0.15) is 5.16 Å². The fourth-order valence-electron chi connectivity index (χ4n) is 3.93. The van der Waals surface area contributed by atoms with Crippen LogP contribution in [0.5, 0.6) is 0 Å². The van der Waals surface area contributed by atoms with E-state index in [0.29, 0.717) is 25.7 Å². The smallest absolute Gasteiger partial charge is 0.307 e. The van der Waals surface area contributed by atoms with E-state index in [4.69, 9.17) is 18.1 Å². The van der Waals surface area contributed by atoms with Crippen LogP contribution in [0.2, 0.25) is 0 Å². The molecule has 0 radical (unpaired) electrons. The Morgan fingerprint density at radius 1 is 0.939 bits per heavy atom. The summed E-state index contributed by atoms with van der Waals surface area (Å²) < 4.78 is 75.6. The maximum Gasteiger partial charge on any atom is 0.407 e. The number of rotatable bonds is 9. The first-order valence-electron chi connectivity index (χ1n) is 11.3. The van der Waals surface area contributed by atoms with E-state index in [0.717, 1.165) is 0 Å². The molecule has 0 aromatic carbocycles. The molecule has 190 valence electrons. The zero-order valence-corrected chi connectivity index (χ0v) is 21.6. The molecular weight excluding hydrogens is 480 g/mol. The van der Waals surface area contributed by atoms with E-state index >= 15 is 0 Å². The summed E-state index contributed by atoms with van der Waals surface area (Å²) in [4.78, 5) is 24.7. The SMILES string of the molecule is CC(C)C(=O)C(F)(F)P1(=O)OCC(C)(CCCC(=O)C2(P3(=O)OCC(C)(C)CO3)CC2)CO1. The number of ketones is 2. The first kappa shape index (κ1) is 27.1. The lowest BCUT2D eigenvalue weighted by Gasteiger charge is -2.39. The molecule has 3 fully saturated rings. The minimum absolute atomic E-state index is 0.120. The molecule has 0 N–H and O–H groups in total. The lowest BCUT2D eigenvalue weighted by molar-refractivity contribution is -0.140. The highest BCUT2D eigenvalue weighted by Crippen LogP contribution is 2.73. The van der Waals surface area contributed by atoms with Crippen LogP contribution in [0.25, 0.3) is 0 Å². The van der Waals surface area contributed by atoms with Crippen LogP contribution in [0, 0.1) is 16.7 Å². The largest absolute Gasteiger partial charge is 0.407 e. The predicted octanol–water partition coefficient (Wildman–Crippen LogP) is 5.59. The van der Waals surface area contributed by atoms with Crippen molar-refractivity contribution >= 4 is 26.8 Å². The third-order valence-corrected chi connectivity index (χ3v) is 11.1. The molecule has 3 rings (SSSR count). The summed E-state index contributed by atoms with van der Waals surface area (Å²) in [7, 11) is -8.47. The summed E-state index contributed by atoms with van der Waals surface area (Å²) in [6.45, 7) is 8.10. The molecule has 8 nitrogen and oxygen atoms in total. The highest BCUT2D eigenvalue weighted by molar-refractivity contribution is 7.57. The van der Waals surface area contributed by atoms with Crippen molar-refractivity contribution in [1.82, 2.24) is 0 Å². The molecule has 2 saturated heterocycles. The van der Waals surface area contributed by atoms with Gasteiger partial charge in [0, 0.05) is 23.2 Å². The molecule has 3 aliphatic rings. The highest BCUT2D eigenvalue weighted by Gasteiger charge is 2.66. The Hall–Kier alpha value is -0.500. The van der Waals surface area contributed by atoms with E-state index in [1.165, 1.54) is 13.8 Å². The molecule has 0 aromatic heterocycles. The Labute approximate surface area is 193 Å². The van der Waals surface area contributed by atoms with Crippen molar-refractivity contribution in [3.05, 3.63) is 0 Å². The summed E-state index contributed by atoms with van der Waals surface area (Å²) in [6, 6.07) is 0. The van der Waals surface area contributed by atoms with Crippen LogP contribution >= 0.6 is 15.2 Å². The van der Waals surface area contributed by atoms with Crippen LogP contribution in [-0.2, 0) is 36.8 Å². The van der Waals surface area contributed by atoms with Crippen LogP contribution < -0.4 is 0 Å². The second-order valence-electron chi connectivity index (χ2n) is 10.9. The van der Waals surface area contributed by atoms with Gasteiger partial charge in [0.15, 0.2) is 5.78 Å². The Balaban J connectivity index is 1.53. The van der Waals surface area contributed by atoms with Crippen molar-refractivity contribution in [3.63, 3.8) is 0 Å². The lowest BCUT2D eigenvalue weighted by atomic mass is 9.86. The molecule has 0 aromatic rings. The molecule has 12 heteroatoms. The summed E-state index contributed by atoms with van der Waals surface area (Å²) in [5, 5.41) is -1.08. The van der Waals surface area contributed by atoms with E-state index in [1.54, 1.807) is 6.92 Å². The number of halogens is 2. The Kier molecular flexibility index (Phi) is 7.28. The third-order valence-electron chi connectivity index (χ3n) is 6.53. The van der Waals surface area contributed by atoms with Crippen molar-refractivity contribution < 1.29 is 45.6 Å². The van der Waals surface area contributed by atoms with Crippen LogP contribution in [0.15, 0.2) is 0 Å². The highest BCUT2D eigenvalue weighted by atomic mass is 31.2. The monoisotopic (exact) mass is 514 g/mol. The van der Waals surface area contributed by atoms with Crippen molar-refractivity contribution in [1.29, 1.82) is 0 Å². The molecule has 0 unspecified atom stereocenters. The van der Waals surface area contributed by atoms with Gasteiger partial charge >= 0.3 is 20.9 Å². The Morgan fingerprint density at radius 3 is 1.91 bits per heavy atom. The zero-order valence-electron chi connectivity index (χ0n) is 19.9. The number of hydrogen-bond acceptors (Lipinski definition) is 8. The number of alkyl halides is 2. The van der Waals surface area contributed by atoms with Gasteiger partial charge in [-0.1, -0.05) is 34.6 Å². The predicted molar refractivity (Wildman–Crippen MR) is 117 cm³/mol. The normalized spacial score (nSPS) is 33.0. The van der Waals surface area contributed by atoms with Crippen molar-refractivity contribution in [2.24, 2.45) is 16.7 Å². The Morgan fingerprint density at radius 2 is 1.45 bits per heavy atom. The van der Waals surface area contributed by atoms with Gasteiger partial charge in [0.05, 0.1) is 26.4 Å². The van der Waals surface area contributed by atoms with Crippen molar-refractivity contribution in [2.45, 2.75) is 77.5 Å². The molecule has 0 spiro atoms. The van der Waals surface area contributed by atoms with Crippen molar-refractivity contribution in [2.75, 3.05) is 26.4 Å². The van der Waals surface area contributed by atoms with E-state index in [-0.39, 0.29) is 44.0 Å². The average Bonchev–Trinajstić information content (AvgIpc) is 3.55. The summed E-state index contributed by atoms with van der Waals surface area (Å²) in [6.07, 6.45) is 1.78. The standard InChI is InChI=1S/C21H34F2O8P2/c1-15(2)17(25)21(22,23)33(27)30-13-19(5,14-31-33)8-6-7-16(24)20(9-10-20)32(26)28-11-18(3,4)12-29-32/h15H,6-14H2,1-5H3. The summed E-state index contributed by atoms with van der Waals surface area (Å²) in [5.41, 5.74) is -5.23. The second kappa shape index (κ2) is 8.86. The van der Waals surface area contributed by atoms with Gasteiger partial charge in [-0.2, -0.15) is 8.78 Å². The van der Waals surface area contributed by atoms with E-state index < -0.39 is 43.1 Å². The Bertz CT molecular complexity index is 871. The molecule has 0 atom stereocenters. The average molecular weight is 514 g/mol. The van der Waals surface area contributed by atoms with Crippen LogP contribution in [0.1, 0.15) is 66.7 Å². The van der Waals surface area contributed by atoms with Gasteiger partial charge < -0.3 is 18.1 Å². The summed E-state index contributed by atoms with van der Waals surface area (Å²) in [5.74, 6) is -2.70. The number of carbonyl (C=O) groups is 2. The minimum atomic E-state index is -4.93. The minimum Gasteiger partial charge on any atom is -0.307 e. The van der Waals surface area contributed by atoms with Gasteiger partial charge in [-0.05, 0) is 25.7 Å². The van der Waals surface area contributed by atoms with Gasteiger partial charge in [-0.3, -0.25) is 18.7 Å². The van der Waals surface area contributed by atoms with E-state index in [2.05, 4.69) is 0 Å². The molecule has 1 aliphatic carbocycles. The molecular formula is C21H34F2O8P2. The van der Waals surface area contributed by atoms with Gasteiger partial charge in [0.2, 0.25) is 5.78 Å². The number of hydrogen-bond donors (Lipinski definition) is 0. The van der Waals surface area contributed by atoms with Crippen LogP contribution in [-0.4, -0.2) is 48.8 Å². The molecule has 2 heterocycles. The summed E-state index contributed by atoms with van der Waals surface area (Å²) >= 11 is 0. The lowest BCUT2D eigenvalue weighted by Crippen LogP contribution is -2.40. The molecule has 0 bridgehead atoms. The third kappa shape index (κ3) is 5.07. The first-order chi connectivity index (χ1) is 15.0. The molecule has 33 heavy (non-hydrogen) atoms. The topological polar surface area (TPSA) is 105 Å². The quantitative estimate of drug-likeness (QED) is 0.367. The second-order valence-corrected chi connectivity index (χ2v) is 15.4. The van der Waals surface area contributed by atoms with E-state index in [9.17, 15) is 27.5 Å².